The van der Waals surface area contributed by atoms with E-state index in [4.69, 9.17) is 28.9 Å². The summed E-state index contributed by atoms with van der Waals surface area (Å²) in [5, 5.41) is 4.27. The summed E-state index contributed by atoms with van der Waals surface area (Å²) in [6.45, 7) is 2.10. The van der Waals surface area contributed by atoms with E-state index in [-0.39, 0.29) is 5.91 Å². The number of nitrogens with two attached hydrogens (primary N) is 1. The number of hydrogen-bond donors (Lipinski definition) is 2. The molecule has 0 aliphatic carbocycles. The molecule has 0 fully saturated rings. The van der Waals surface area contributed by atoms with Gasteiger partial charge in [-0.15, -0.1) is 11.3 Å². The van der Waals surface area contributed by atoms with Gasteiger partial charge in [0.1, 0.15) is 9.71 Å². The zero-order chi connectivity index (χ0) is 17.3. The molecule has 0 aliphatic rings. The van der Waals surface area contributed by atoms with Crippen LogP contribution in [0.15, 0.2) is 30.3 Å². The fourth-order valence-electron chi connectivity index (χ4n) is 2.39. The smallest absolute Gasteiger partial charge is 0.268 e. The van der Waals surface area contributed by atoms with E-state index in [2.05, 4.69) is 17.2 Å². The predicted molar refractivity (Wildman–Crippen MR) is 102 cm³/mol. The average Bonchev–Trinajstić information content (AvgIpc) is 2.88. The Bertz CT molecular complexity index is 903. The number of fused-ring (bicyclic) bond motifs is 1. The van der Waals surface area contributed by atoms with E-state index in [1.54, 1.807) is 18.2 Å². The Labute approximate surface area is 153 Å². The standard InChI is InChI=1S/C17H15Cl2N3OS/c1-2-4-9-7-8-10-13(20)15(24-17(10)21-9)16(23)22-14-11(18)5-3-6-12(14)19/h3,5-8H,2,4,20H2,1H3,(H,22,23). The molecule has 0 saturated heterocycles. The van der Waals surface area contributed by atoms with Gasteiger partial charge in [0.15, 0.2) is 0 Å². The third-order valence-electron chi connectivity index (χ3n) is 3.57. The van der Waals surface area contributed by atoms with Crippen molar-refractivity contribution in [2.45, 2.75) is 19.8 Å². The molecule has 0 atom stereocenters. The van der Waals surface area contributed by atoms with E-state index < -0.39 is 0 Å². The first kappa shape index (κ1) is 17.0. The summed E-state index contributed by atoms with van der Waals surface area (Å²) in [4.78, 5) is 18.3. The number of hydrogen-bond acceptors (Lipinski definition) is 4. The van der Waals surface area contributed by atoms with Crippen molar-refractivity contribution in [3.05, 3.63) is 50.9 Å². The van der Waals surface area contributed by atoms with Crippen LogP contribution in [0.4, 0.5) is 11.4 Å². The van der Waals surface area contributed by atoms with Gasteiger partial charge in [0.05, 0.1) is 21.4 Å². The van der Waals surface area contributed by atoms with Crippen LogP contribution in [0.1, 0.15) is 28.7 Å². The van der Waals surface area contributed by atoms with Crippen LogP contribution in [-0.2, 0) is 6.42 Å². The van der Waals surface area contributed by atoms with Crippen LogP contribution in [0.25, 0.3) is 10.2 Å². The number of anilines is 2. The van der Waals surface area contributed by atoms with Crippen molar-refractivity contribution >= 4 is 62.0 Å². The number of para-hydroxylation sites is 1. The fraction of sp³-hybridized carbons (Fsp3) is 0.176. The highest BCUT2D eigenvalue weighted by atomic mass is 35.5. The maximum Gasteiger partial charge on any atom is 0.268 e. The summed E-state index contributed by atoms with van der Waals surface area (Å²) in [7, 11) is 0. The van der Waals surface area contributed by atoms with Crippen molar-refractivity contribution < 1.29 is 4.79 Å². The Hall–Kier alpha value is -1.82. The maximum absolute atomic E-state index is 12.6. The maximum atomic E-state index is 12.6. The molecule has 1 aromatic carbocycles. The summed E-state index contributed by atoms with van der Waals surface area (Å²) in [5.41, 5.74) is 7.93. The number of carbonyl (C=O) groups is 1. The van der Waals surface area contributed by atoms with Gasteiger partial charge in [-0.2, -0.15) is 0 Å². The zero-order valence-electron chi connectivity index (χ0n) is 12.9. The van der Waals surface area contributed by atoms with Crippen LogP contribution in [-0.4, -0.2) is 10.9 Å². The lowest BCUT2D eigenvalue weighted by molar-refractivity contribution is 0.103. The molecule has 3 rings (SSSR count). The molecule has 24 heavy (non-hydrogen) atoms. The topological polar surface area (TPSA) is 68.0 Å². The Balaban J connectivity index is 1.96. The van der Waals surface area contributed by atoms with Crippen molar-refractivity contribution in [1.82, 2.24) is 4.98 Å². The number of rotatable bonds is 4. The summed E-state index contributed by atoms with van der Waals surface area (Å²) in [6, 6.07) is 8.90. The van der Waals surface area contributed by atoms with Crippen LogP contribution in [0.2, 0.25) is 10.0 Å². The van der Waals surface area contributed by atoms with E-state index in [0.717, 1.165) is 28.8 Å². The normalized spacial score (nSPS) is 11.0. The van der Waals surface area contributed by atoms with Crippen LogP contribution in [0.3, 0.4) is 0 Å². The number of aromatic nitrogens is 1. The minimum absolute atomic E-state index is 0.345. The molecule has 2 aromatic heterocycles. The number of nitrogens with zero attached hydrogens (tertiary/aromatic N) is 1. The monoisotopic (exact) mass is 379 g/mol. The number of nitrogens with one attached hydrogen (secondary N) is 1. The van der Waals surface area contributed by atoms with Crippen LogP contribution < -0.4 is 11.1 Å². The Morgan fingerprint density at radius 3 is 2.62 bits per heavy atom. The van der Waals surface area contributed by atoms with Gasteiger partial charge in [0, 0.05) is 11.1 Å². The van der Waals surface area contributed by atoms with E-state index in [0.29, 0.717) is 26.3 Å². The van der Waals surface area contributed by atoms with Crippen molar-refractivity contribution in [3.63, 3.8) is 0 Å². The number of halogens is 2. The number of carbonyl (C=O) groups excluding carboxylic acids is 1. The highest BCUT2D eigenvalue weighted by molar-refractivity contribution is 7.21. The van der Waals surface area contributed by atoms with Gasteiger partial charge in [-0.05, 0) is 30.7 Å². The van der Waals surface area contributed by atoms with Gasteiger partial charge in [0.25, 0.3) is 5.91 Å². The second-order valence-corrected chi connectivity index (χ2v) is 7.11. The summed E-state index contributed by atoms with van der Waals surface area (Å²) >= 11 is 13.5. The largest absolute Gasteiger partial charge is 0.397 e. The molecule has 3 N–H and O–H groups in total. The Kier molecular flexibility index (Phi) is 4.94. The zero-order valence-corrected chi connectivity index (χ0v) is 15.2. The van der Waals surface area contributed by atoms with E-state index >= 15 is 0 Å². The molecule has 4 nitrogen and oxygen atoms in total. The van der Waals surface area contributed by atoms with Gasteiger partial charge >= 0.3 is 0 Å². The Morgan fingerprint density at radius 2 is 1.96 bits per heavy atom. The minimum atomic E-state index is -0.345. The highest BCUT2D eigenvalue weighted by Gasteiger charge is 2.19. The lowest BCUT2D eigenvalue weighted by Crippen LogP contribution is -2.12. The lowest BCUT2D eigenvalue weighted by Gasteiger charge is -2.08. The van der Waals surface area contributed by atoms with Crippen LogP contribution in [0.5, 0.6) is 0 Å². The van der Waals surface area contributed by atoms with E-state index in [1.165, 1.54) is 11.3 Å². The van der Waals surface area contributed by atoms with Gasteiger partial charge in [-0.25, -0.2) is 4.98 Å². The number of pyridine rings is 1. The predicted octanol–water partition coefficient (Wildman–Crippen LogP) is 5.39. The average molecular weight is 380 g/mol. The SMILES string of the molecule is CCCc1ccc2c(N)c(C(=O)Nc3c(Cl)cccc3Cl)sc2n1. The first-order chi connectivity index (χ1) is 11.5. The molecule has 0 aliphatic heterocycles. The quantitative estimate of drug-likeness (QED) is 0.638. The van der Waals surface area contributed by atoms with Gasteiger partial charge in [0.2, 0.25) is 0 Å². The minimum Gasteiger partial charge on any atom is -0.397 e. The number of aryl methyl sites for hydroxylation is 1. The fourth-order valence-corrected chi connectivity index (χ4v) is 3.89. The second-order valence-electron chi connectivity index (χ2n) is 5.30. The van der Waals surface area contributed by atoms with Crippen molar-refractivity contribution in [2.75, 3.05) is 11.1 Å². The molecule has 7 heteroatoms. The Morgan fingerprint density at radius 1 is 1.25 bits per heavy atom. The highest BCUT2D eigenvalue weighted by Crippen LogP contribution is 2.35. The summed E-state index contributed by atoms with van der Waals surface area (Å²) < 4.78 is 0. The number of benzene rings is 1. The van der Waals surface area contributed by atoms with Gasteiger partial charge in [-0.1, -0.05) is 42.6 Å². The van der Waals surface area contributed by atoms with E-state index in [9.17, 15) is 4.79 Å². The molecular weight excluding hydrogens is 365 g/mol. The number of nitrogen functional groups attached to an aromatic ring is 1. The van der Waals surface area contributed by atoms with Crippen LogP contribution in [0, 0.1) is 0 Å². The second kappa shape index (κ2) is 6.97. The molecule has 124 valence electrons. The third kappa shape index (κ3) is 3.20. The summed E-state index contributed by atoms with van der Waals surface area (Å²) in [5.74, 6) is -0.345. The molecule has 0 saturated carbocycles. The van der Waals surface area contributed by atoms with E-state index in [1.807, 2.05) is 12.1 Å². The molecular formula is C17H15Cl2N3OS. The molecule has 0 bridgehead atoms. The van der Waals surface area contributed by atoms with Gasteiger partial charge < -0.3 is 11.1 Å². The molecule has 3 aromatic rings. The molecule has 1 amide bonds. The molecule has 0 unspecified atom stereocenters. The third-order valence-corrected chi connectivity index (χ3v) is 5.31. The summed E-state index contributed by atoms with van der Waals surface area (Å²) in [6.07, 6.45) is 1.90. The van der Waals surface area contributed by atoms with Crippen molar-refractivity contribution in [2.24, 2.45) is 0 Å². The number of thiophene rings is 1. The van der Waals surface area contributed by atoms with Gasteiger partial charge in [-0.3, -0.25) is 4.79 Å². The van der Waals surface area contributed by atoms with Crippen molar-refractivity contribution in [3.8, 4) is 0 Å². The first-order valence-electron chi connectivity index (χ1n) is 7.44. The molecule has 0 spiro atoms. The molecule has 2 heterocycles. The van der Waals surface area contributed by atoms with Crippen LogP contribution >= 0.6 is 34.5 Å². The molecule has 0 radical (unpaired) electrons. The lowest BCUT2D eigenvalue weighted by atomic mass is 10.2. The number of amides is 1. The van der Waals surface area contributed by atoms with Crippen molar-refractivity contribution in [1.29, 1.82) is 0 Å². The first-order valence-corrected chi connectivity index (χ1v) is 9.01.